The first-order valence-electron chi connectivity index (χ1n) is 6.12. The van der Waals surface area contributed by atoms with Crippen molar-refractivity contribution in [3.05, 3.63) is 0 Å². The van der Waals surface area contributed by atoms with E-state index in [9.17, 15) is 0 Å². The van der Waals surface area contributed by atoms with Crippen LogP contribution in [0.15, 0.2) is 0 Å². The summed E-state index contributed by atoms with van der Waals surface area (Å²) in [5, 5.41) is 3.47. The molecule has 0 aliphatic carbocycles. The van der Waals surface area contributed by atoms with Gasteiger partial charge in [0.25, 0.3) is 0 Å². The number of hydrogen-bond acceptors (Lipinski definition) is 3. The van der Waals surface area contributed by atoms with Crippen molar-refractivity contribution in [1.29, 1.82) is 0 Å². The highest BCUT2D eigenvalue weighted by Gasteiger charge is 2.33. The SMILES string of the molecule is C1CC2CN(C3CCNC3)CCN2C1. The van der Waals surface area contributed by atoms with Gasteiger partial charge < -0.3 is 5.32 Å². The summed E-state index contributed by atoms with van der Waals surface area (Å²) in [6, 6.07) is 1.74. The van der Waals surface area contributed by atoms with Gasteiger partial charge in [-0.15, -0.1) is 0 Å². The zero-order valence-electron chi connectivity index (χ0n) is 8.91. The van der Waals surface area contributed by atoms with Crippen molar-refractivity contribution in [1.82, 2.24) is 15.1 Å². The predicted molar refractivity (Wildman–Crippen MR) is 57.4 cm³/mol. The molecule has 1 N–H and O–H groups in total. The van der Waals surface area contributed by atoms with E-state index in [0.717, 1.165) is 12.1 Å². The highest BCUT2D eigenvalue weighted by atomic mass is 15.3. The van der Waals surface area contributed by atoms with Crippen LogP contribution in [0, 0.1) is 0 Å². The molecule has 3 saturated heterocycles. The maximum atomic E-state index is 3.47. The summed E-state index contributed by atoms with van der Waals surface area (Å²) in [7, 11) is 0. The van der Waals surface area contributed by atoms with Gasteiger partial charge in [0.05, 0.1) is 0 Å². The molecule has 3 heterocycles. The number of nitrogens with one attached hydrogen (secondary N) is 1. The Kier molecular flexibility index (Phi) is 2.48. The largest absolute Gasteiger partial charge is 0.315 e. The quantitative estimate of drug-likeness (QED) is 0.641. The van der Waals surface area contributed by atoms with Crippen molar-refractivity contribution in [2.24, 2.45) is 0 Å². The molecule has 3 fully saturated rings. The van der Waals surface area contributed by atoms with Gasteiger partial charge in [-0.3, -0.25) is 9.80 Å². The van der Waals surface area contributed by atoms with E-state index in [1.807, 2.05) is 0 Å². The first-order valence-corrected chi connectivity index (χ1v) is 6.12. The van der Waals surface area contributed by atoms with Crippen molar-refractivity contribution < 1.29 is 0 Å². The summed E-state index contributed by atoms with van der Waals surface area (Å²) >= 11 is 0. The Labute approximate surface area is 86.4 Å². The van der Waals surface area contributed by atoms with E-state index in [1.165, 1.54) is 58.5 Å². The van der Waals surface area contributed by atoms with Crippen LogP contribution >= 0.6 is 0 Å². The van der Waals surface area contributed by atoms with E-state index < -0.39 is 0 Å². The number of fused-ring (bicyclic) bond motifs is 1. The van der Waals surface area contributed by atoms with Gasteiger partial charge in [-0.25, -0.2) is 0 Å². The van der Waals surface area contributed by atoms with E-state index in [0.29, 0.717) is 0 Å². The van der Waals surface area contributed by atoms with Gasteiger partial charge in [0.15, 0.2) is 0 Å². The maximum absolute atomic E-state index is 3.47. The summed E-state index contributed by atoms with van der Waals surface area (Å²) in [5.74, 6) is 0. The molecule has 3 aliphatic rings. The molecule has 80 valence electrons. The lowest BCUT2D eigenvalue weighted by Gasteiger charge is -2.40. The van der Waals surface area contributed by atoms with Crippen LogP contribution in [-0.4, -0.2) is 61.2 Å². The minimum Gasteiger partial charge on any atom is -0.315 e. The highest BCUT2D eigenvalue weighted by Crippen LogP contribution is 2.23. The molecule has 3 heteroatoms. The number of hydrogen-bond donors (Lipinski definition) is 1. The minimum absolute atomic E-state index is 0.845. The molecule has 0 spiro atoms. The minimum atomic E-state index is 0.845. The van der Waals surface area contributed by atoms with Crippen LogP contribution in [0.25, 0.3) is 0 Å². The Hall–Kier alpha value is -0.120. The molecule has 0 aromatic rings. The molecule has 14 heavy (non-hydrogen) atoms. The fraction of sp³-hybridized carbons (Fsp3) is 1.00. The highest BCUT2D eigenvalue weighted by molar-refractivity contribution is 4.91. The molecule has 0 radical (unpaired) electrons. The monoisotopic (exact) mass is 195 g/mol. The molecule has 3 aliphatic heterocycles. The summed E-state index contributed by atoms with van der Waals surface area (Å²) in [5.41, 5.74) is 0. The smallest absolute Gasteiger partial charge is 0.0233 e. The second-order valence-electron chi connectivity index (χ2n) is 4.97. The maximum Gasteiger partial charge on any atom is 0.0233 e. The van der Waals surface area contributed by atoms with Crippen LogP contribution in [0.1, 0.15) is 19.3 Å². The van der Waals surface area contributed by atoms with Crippen molar-refractivity contribution in [2.75, 3.05) is 39.3 Å². The number of piperazine rings is 1. The van der Waals surface area contributed by atoms with Gasteiger partial charge >= 0.3 is 0 Å². The Morgan fingerprint density at radius 2 is 1.86 bits per heavy atom. The third-order valence-corrected chi connectivity index (χ3v) is 4.17. The summed E-state index contributed by atoms with van der Waals surface area (Å²) in [4.78, 5) is 5.42. The lowest BCUT2D eigenvalue weighted by molar-refractivity contribution is 0.0775. The van der Waals surface area contributed by atoms with Crippen LogP contribution in [0.2, 0.25) is 0 Å². The molecule has 0 amide bonds. The van der Waals surface area contributed by atoms with Gasteiger partial charge in [0.2, 0.25) is 0 Å². The normalized spacial score (nSPS) is 40.3. The lowest BCUT2D eigenvalue weighted by atomic mass is 10.1. The van der Waals surface area contributed by atoms with Gasteiger partial charge in [-0.1, -0.05) is 0 Å². The molecule has 2 atom stereocenters. The molecule has 0 bridgehead atoms. The molecular weight excluding hydrogens is 174 g/mol. The standard InChI is InChI=1S/C11H21N3/c1-2-11-9-14(7-6-13(11)5-1)10-3-4-12-8-10/h10-12H,1-9H2. The third kappa shape index (κ3) is 1.58. The summed E-state index contributed by atoms with van der Waals surface area (Å²) in [6.07, 6.45) is 4.24. The zero-order chi connectivity index (χ0) is 9.38. The predicted octanol–water partition coefficient (Wildman–Crippen LogP) is 0.128. The Balaban J connectivity index is 1.60. The van der Waals surface area contributed by atoms with Crippen molar-refractivity contribution in [3.63, 3.8) is 0 Å². The summed E-state index contributed by atoms with van der Waals surface area (Å²) in [6.45, 7) is 7.79. The Morgan fingerprint density at radius 1 is 0.929 bits per heavy atom. The van der Waals surface area contributed by atoms with Crippen LogP contribution in [-0.2, 0) is 0 Å². The van der Waals surface area contributed by atoms with Crippen LogP contribution < -0.4 is 5.32 Å². The zero-order valence-corrected chi connectivity index (χ0v) is 8.91. The fourth-order valence-corrected chi connectivity index (χ4v) is 3.30. The first-order chi connectivity index (χ1) is 6.93. The average Bonchev–Trinajstić information content (AvgIpc) is 2.88. The number of nitrogens with zero attached hydrogens (tertiary/aromatic N) is 2. The molecule has 2 unspecified atom stereocenters. The van der Waals surface area contributed by atoms with E-state index in [4.69, 9.17) is 0 Å². The van der Waals surface area contributed by atoms with Crippen LogP contribution in [0.3, 0.4) is 0 Å². The second-order valence-corrected chi connectivity index (χ2v) is 4.97. The lowest BCUT2D eigenvalue weighted by Crippen LogP contribution is -2.53. The van der Waals surface area contributed by atoms with Crippen molar-refractivity contribution in [3.8, 4) is 0 Å². The average molecular weight is 195 g/mol. The third-order valence-electron chi connectivity index (χ3n) is 4.17. The molecule has 3 rings (SSSR count). The van der Waals surface area contributed by atoms with Crippen LogP contribution in [0.4, 0.5) is 0 Å². The van der Waals surface area contributed by atoms with Gasteiger partial charge in [-0.05, 0) is 32.4 Å². The molecular formula is C11H21N3. The molecule has 0 aromatic heterocycles. The van der Waals surface area contributed by atoms with E-state index in [1.54, 1.807) is 0 Å². The molecule has 3 nitrogen and oxygen atoms in total. The fourth-order valence-electron chi connectivity index (χ4n) is 3.30. The second kappa shape index (κ2) is 3.80. The molecule has 0 saturated carbocycles. The van der Waals surface area contributed by atoms with Crippen LogP contribution in [0.5, 0.6) is 0 Å². The Bertz CT molecular complexity index is 201. The number of rotatable bonds is 1. The van der Waals surface area contributed by atoms with Gasteiger partial charge in [0.1, 0.15) is 0 Å². The Morgan fingerprint density at radius 3 is 2.71 bits per heavy atom. The summed E-state index contributed by atoms with van der Waals surface area (Å²) < 4.78 is 0. The van der Waals surface area contributed by atoms with Gasteiger partial charge in [0, 0.05) is 38.3 Å². The topological polar surface area (TPSA) is 18.5 Å². The van der Waals surface area contributed by atoms with E-state index >= 15 is 0 Å². The van der Waals surface area contributed by atoms with E-state index in [-0.39, 0.29) is 0 Å². The van der Waals surface area contributed by atoms with E-state index in [2.05, 4.69) is 15.1 Å². The van der Waals surface area contributed by atoms with Crippen molar-refractivity contribution >= 4 is 0 Å². The van der Waals surface area contributed by atoms with Crippen molar-refractivity contribution in [2.45, 2.75) is 31.3 Å². The van der Waals surface area contributed by atoms with Gasteiger partial charge in [-0.2, -0.15) is 0 Å². The molecule has 0 aromatic carbocycles. The first kappa shape index (κ1) is 9.13.